The van der Waals surface area contributed by atoms with Crippen LogP contribution in [0.1, 0.15) is 0 Å². The van der Waals surface area contributed by atoms with Crippen LogP contribution in [0.3, 0.4) is 0 Å². The quantitative estimate of drug-likeness (QED) is 0.353. The summed E-state index contributed by atoms with van der Waals surface area (Å²) in [7, 11) is -11.4. The molecule has 0 aliphatic carbocycles. The molecular weight excluding hydrogens is 376 g/mol. The molecule has 0 aromatic carbocycles. The molecule has 0 fully saturated rings. The average Bonchev–Trinajstić information content (AvgIpc) is 1.14. The van der Waals surface area contributed by atoms with E-state index in [9.17, 15) is 28.7 Å². The molecule has 0 amide bonds. The summed E-state index contributed by atoms with van der Waals surface area (Å²) < 4.78 is 21.2. The fraction of sp³-hybridized carbons (Fsp3) is 0. The second-order valence-corrected chi connectivity index (χ2v) is 3.42. The molecule has 0 aromatic rings. The van der Waals surface area contributed by atoms with E-state index in [0.29, 0.717) is 0 Å². The molecule has 0 aromatic heterocycles. The van der Waals surface area contributed by atoms with Crippen molar-refractivity contribution in [1.29, 1.82) is 0 Å². The maximum atomic E-state index is 9.32. The van der Waals surface area contributed by atoms with Crippen LogP contribution in [0, 0.1) is 0 Å². The van der Waals surface area contributed by atoms with E-state index >= 15 is 0 Å². The fourth-order valence-corrected chi connectivity index (χ4v) is 1.10. The summed E-state index contributed by atoms with van der Waals surface area (Å²) >= 11 is 0. The first-order valence-corrected chi connectivity index (χ1v) is 4.38. The Morgan fingerprint density at radius 2 is 1.09 bits per heavy atom. The van der Waals surface area contributed by atoms with Gasteiger partial charge >= 0.3 is 71.3 Å². The van der Waals surface area contributed by atoms with Gasteiger partial charge in [-0.25, -0.2) is 0 Å². The van der Waals surface area contributed by atoms with E-state index < -0.39 is 15.6 Å². The number of rotatable bonds is 2. The molecule has 0 aliphatic heterocycles. The van der Waals surface area contributed by atoms with Crippen molar-refractivity contribution in [2.75, 3.05) is 0 Å². The van der Waals surface area contributed by atoms with Crippen molar-refractivity contribution in [3.05, 3.63) is 0 Å². The van der Waals surface area contributed by atoms with Crippen LogP contribution in [0.2, 0.25) is 0 Å². The third kappa shape index (κ3) is 19.1. The van der Waals surface area contributed by atoms with Crippen molar-refractivity contribution in [2.45, 2.75) is 0 Å². The van der Waals surface area contributed by atoms with Crippen LogP contribution in [0.5, 0.6) is 0 Å². The molecule has 56 valence electrons. The summed E-state index contributed by atoms with van der Waals surface area (Å²) in [5.41, 5.74) is 0. The van der Waals surface area contributed by atoms with E-state index in [1.54, 1.807) is 0 Å². The van der Waals surface area contributed by atoms with Crippen molar-refractivity contribution in [3.8, 4) is 0 Å². The average molecular weight is 376 g/mol. The van der Waals surface area contributed by atoms with E-state index in [2.05, 4.69) is 4.31 Å². The molecule has 0 unspecified atom stereocenters. The minimum Gasteiger partial charge on any atom is -0.790 e. The topological polar surface area (TPSA) is 136 Å². The summed E-state index contributed by atoms with van der Waals surface area (Å²) in [5.74, 6) is 0. The van der Waals surface area contributed by atoms with Gasteiger partial charge in [0.1, 0.15) is 0 Å². The minimum absolute atomic E-state index is 0. The zero-order chi connectivity index (χ0) is 7.71. The van der Waals surface area contributed by atoms with Gasteiger partial charge in [-0.2, -0.15) is 0 Å². The Bertz CT molecular complexity index is 157. The molecule has 0 saturated carbocycles. The maximum absolute atomic E-state index is 9.32. The Morgan fingerprint density at radius 1 is 0.909 bits per heavy atom. The van der Waals surface area contributed by atoms with E-state index in [0.717, 1.165) is 0 Å². The van der Waals surface area contributed by atoms with Gasteiger partial charge < -0.3 is 33.0 Å². The van der Waals surface area contributed by atoms with E-state index in [1.807, 2.05) is 0 Å². The van der Waals surface area contributed by atoms with Crippen LogP contribution in [0.4, 0.5) is 0 Å². The van der Waals surface area contributed by atoms with Crippen molar-refractivity contribution >= 4 is 87.0 Å². The third-order valence-electron chi connectivity index (χ3n) is 0.200. The van der Waals surface area contributed by atoms with Crippen LogP contribution < -0.4 is 19.6 Å². The Balaban J connectivity index is -0.000000320. The fourth-order valence-electron chi connectivity index (χ4n) is 0.122. The summed E-state index contributed by atoms with van der Waals surface area (Å²) in [6.07, 6.45) is 0. The maximum Gasteiger partial charge on any atom is 3.00 e. The van der Waals surface area contributed by atoms with Crippen LogP contribution in [-0.4, -0.2) is 71.3 Å². The van der Waals surface area contributed by atoms with Crippen LogP contribution in [0.25, 0.3) is 0 Å². The van der Waals surface area contributed by atoms with Crippen LogP contribution in [-0.2, 0) is 13.4 Å². The van der Waals surface area contributed by atoms with E-state index in [1.165, 1.54) is 0 Å². The zero-order valence-electron chi connectivity index (χ0n) is 5.04. The van der Waals surface area contributed by atoms with Gasteiger partial charge in [-0.3, -0.25) is 0 Å². The third-order valence-corrected chi connectivity index (χ3v) is 1.80. The van der Waals surface area contributed by atoms with Crippen molar-refractivity contribution in [1.82, 2.24) is 0 Å². The molecule has 0 saturated heterocycles. The van der Waals surface area contributed by atoms with Gasteiger partial charge in [-0.15, -0.1) is 0 Å². The van der Waals surface area contributed by atoms with Crippen molar-refractivity contribution in [3.63, 3.8) is 0 Å². The second kappa shape index (κ2) is 6.98. The molecule has 0 rings (SSSR count). The summed E-state index contributed by atoms with van der Waals surface area (Å²) in [6.45, 7) is 0. The standard InChI is InChI=1S/In.H4O7P2.Sr/c;1-8(2,3)7-9(4,5)6;/h;(H2,1,2,3)(H2,4,5,6);/q+3;;+2/p-4. The minimum atomic E-state index is -5.68. The molecular formula is InO7P2Sr+. The molecule has 7 nitrogen and oxygen atoms in total. The van der Waals surface area contributed by atoms with Gasteiger partial charge in [0, 0.05) is 0 Å². The summed E-state index contributed by atoms with van der Waals surface area (Å²) in [4.78, 5) is 37.3. The number of hydrogen-bond acceptors (Lipinski definition) is 7. The van der Waals surface area contributed by atoms with Gasteiger partial charge in [-0.1, -0.05) is 0 Å². The van der Waals surface area contributed by atoms with Gasteiger partial charge in [0.15, 0.2) is 0 Å². The first kappa shape index (κ1) is 19.2. The first-order valence-electron chi connectivity index (χ1n) is 1.46. The predicted octanol–water partition coefficient (Wildman–Crippen LogP) is -4.10. The Kier molecular flexibility index (Phi) is 12.2. The van der Waals surface area contributed by atoms with Gasteiger partial charge in [0.2, 0.25) is 0 Å². The molecule has 11 heteroatoms. The monoisotopic (exact) mass is 377 g/mol. The zero-order valence-corrected chi connectivity index (χ0v) is 13.6. The Labute approximate surface area is 118 Å². The smallest absolute Gasteiger partial charge is 0.790 e. The normalized spacial score (nSPS) is 11.3. The van der Waals surface area contributed by atoms with Crippen molar-refractivity contribution in [2.24, 2.45) is 0 Å². The van der Waals surface area contributed by atoms with Gasteiger partial charge in [0.05, 0.1) is 15.6 Å². The molecule has 0 bridgehead atoms. The van der Waals surface area contributed by atoms with Gasteiger partial charge in [-0.05, 0) is 0 Å². The van der Waals surface area contributed by atoms with E-state index in [-0.39, 0.29) is 71.3 Å². The number of phosphoric acid groups is 2. The second-order valence-electron chi connectivity index (χ2n) is 0.976. The Morgan fingerprint density at radius 3 is 1.09 bits per heavy atom. The molecule has 0 aliphatic rings. The molecule has 0 N–H and O–H groups in total. The number of hydrogen-bond donors (Lipinski definition) is 0. The molecule has 0 heterocycles. The van der Waals surface area contributed by atoms with Gasteiger partial charge in [0.25, 0.3) is 0 Å². The summed E-state index contributed by atoms with van der Waals surface area (Å²) in [6, 6.07) is 0. The first-order chi connectivity index (χ1) is 3.71. The van der Waals surface area contributed by atoms with Crippen molar-refractivity contribution < 1.29 is 33.0 Å². The Hall–Kier alpha value is 2.61. The van der Waals surface area contributed by atoms with E-state index in [4.69, 9.17) is 0 Å². The molecule has 0 spiro atoms. The largest absolute Gasteiger partial charge is 3.00 e. The predicted molar refractivity (Wildman–Crippen MR) is 27.8 cm³/mol. The van der Waals surface area contributed by atoms with Crippen LogP contribution >= 0.6 is 15.6 Å². The SMILES string of the molecule is O=P([O-])([O-])OP(=O)([O-])[O-].[In+3].[Sr+2]. The van der Waals surface area contributed by atoms with Crippen LogP contribution in [0.15, 0.2) is 0 Å². The summed E-state index contributed by atoms with van der Waals surface area (Å²) in [5, 5.41) is 0. The molecule has 0 radical (unpaired) electrons. The molecule has 11 heavy (non-hydrogen) atoms. The molecule has 0 atom stereocenters.